The molecule has 0 saturated carbocycles. The molecule has 1 amide bonds. The number of aryl methyl sites for hydroxylation is 1. The second-order valence-electron chi connectivity index (χ2n) is 8.12. The highest BCUT2D eigenvalue weighted by Gasteiger charge is 2.34. The minimum absolute atomic E-state index is 0.0498. The molecule has 29 heavy (non-hydrogen) atoms. The smallest absolute Gasteiger partial charge is 0.252 e. The molecule has 148 valence electrons. The first-order chi connectivity index (χ1) is 13.8. The van der Waals surface area contributed by atoms with Crippen LogP contribution in [0.5, 0.6) is 0 Å². The molecule has 1 aliphatic rings. The average molecular weight is 390 g/mol. The van der Waals surface area contributed by atoms with E-state index >= 15 is 0 Å². The number of nitrogens with zero attached hydrogens (tertiary/aromatic N) is 5. The zero-order chi connectivity index (χ0) is 20.6. The summed E-state index contributed by atoms with van der Waals surface area (Å²) < 4.78 is 1.43. The quantitative estimate of drug-likeness (QED) is 0.734. The van der Waals surface area contributed by atoms with Crippen molar-refractivity contribution in [1.82, 2.24) is 29.8 Å². The highest BCUT2D eigenvalue weighted by atomic mass is 16.2. The van der Waals surface area contributed by atoms with Crippen molar-refractivity contribution in [2.24, 2.45) is 12.5 Å². The van der Waals surface area contributed by atoms with Gasteiger partial charge in [-0.3, -0.25) is 14.6 Å². The van der Waals surface area contributed by atoms with Crippen LogP contribution in [0.15, 0.2) is 47.9 Å². The number of carbonyl (C=O) groups excluding carboxylic acids is 1. The number of rotatable bonds is 3. The predicted octanol–water partition coefficient (Wildman–Crippen LogP) is 2.08. The highest BCUT2D eigenvalue weighted by Crippen LogP contribution is 2.40. The topological polar surface area (TPSA) is 103 Å². The Morgan fingerprint density at radius 3 is 2.79 bits per heavy atom. The molecule has 0 bridgehead atoms. The van der Waals surface area contributed by atoms with E-state index in [1.165, 1.54) is 10.6 Å². The van der Waals surface area contributed by atoms with Gasteiger partial charge in [0.1, 0.15) is 5.69 Å². The van der Waals surface area contributed by atoms with Crippen LogP contribution >= 0.6 is 0 Å². The number of hydrogen-bond acceptors (Lipinski definition) is 6. The zero-order valence-corrected chi connectivity index (χ0v) is 16.6. The number of carbonyl (C=O) groups is 1. The fraction of sp³-hybridized carbons (Fsp3) is 0.333. The normalized spacial score (nSPS) is 17.4. The van der Waals surface area contributed by atoms with Crippen molar-refractivity contribution in [2.45, 2.75) is 32.7 Å². The van der Waals surface area contributed by atoms with E-state index in [0.717, 1.165) is 24.1 Å². The standard InChI is InChI=1S/C21H22N6O2/c1-21(2)9-15-14(11-24-19(25-15)17-12-22-5-6-23-17)16(10-21)26-20(29)13-4-7-27(3)18(28)8-13/h4-8,11-12,16H,9-10H2,1-3H3,(H,26,29). The van der Waals surface area contributed by atoms with Gasteiger partial charge in [0.25, 0.3) is 11.5 Å². The lowest BCUT2D eigenvalue weighted by Gasteiger charge is -2.36. The summed E-state index contributed by atoms with van der Waals surface area (Å²) in [6, 6.07) is 2.75. The monoisotopic (exact) mass is 390 g/mol. The minimum atomic E-state index is -0.283. The first kappa shape index (κ1) is 18.9. The van der Waals surface area contributed by atoms with Gasteiger partial charge in [-0.2, -0.15) is 0 Å². The number of pyridine rings is 1. The van der Waals surface area contributed by atoms with Gasteiger partial charge < -0.3 is 9.88 Å². The molecule has 8 heteroatoms. The Bertz CT molecular complexity index is 1120. The number of amides is 1. The molecule has 3 heterocycles. The molecular weight excluding hydrogens is 368 g/mol. The van der Waals surface area contributed by atoms with E-state index in [1.807, 2.05) is 0 Å². The first-order valence-electron chi connectivity index (χ1n) is 9.42. The van der Waals surface area contributed by atoms with E-state index in [9.17, 15) is 9.59 Å². The summed E-state index contributed by atoms with van der Waals surface area (Å²) in [4.78, 5) is 42.1. The number of nitrogens with one attached hydrogen (secondary N) is 1. The van der Waals surface area contributed by atoms with Gasteiger partial charge >= 0.3 is 0 Å². The molecule has 1 aliphatic carbocycles. The Labute approximate surface area is 168 Å². The van der Waals surface area contributed by atoms with Gasteiger partial charge in [-0.1, -0.05) is 13.8 Å². The fourth-order valence-corrected chi connectivity index (χ4v) is 3.65. The number of aromatic nitrogens is 5. The van der Waals surface area contributed by atoms with E-state index in [1.54, 1.807) is 44.1 Å². The maximum Gasteiger partial charge on any atom is 0.252 e. The van der Waals surface area contributed by atoms with Crippen LogP contribution in [0.3, 0.4) is 0 Å². The molecule has 4 rings (SSSR count). The maximum atomic E-state index is 12.8. The second-order valence-corrected chi connectivity index (χ2v) is 8.12. The van der Waals surface area contributed by atoms with Gasteiger partial charge in [0.15, 0.2) is 5.82 Å². The lowest BCUT2D eigenvalue weighted by Crippen LogP contribution is -2.37. The van der Waals surface area contributed by atoms with Crippen LogP contribution in [-0.2, 0) is 13.5 Å². The van der Waals surface area contributed by atoms with Crippen LogP contribution in [0, 0.1) is 5.41 Å². The molecular formula is C21H22N6O2. The fourth-order valence-electron chi connectivity index (χ4n) is 3.65. The Kier molecular flexibility index (Phi) is 4.70. The largest absolute Gasteiger partial charge is 0.345 e. The molecule has 0 saturated heterocycles. The third kappa shape index (κ3) is 3.91. The summed E-state index contributed by atoms with van der Waals surface area (Å²) in [6.45, 7) is 4.30. The van der Waals surface area contributed by atoms with Crippen molar-refractivity contribution in [3.8, 4) is 11.5 Å². The Hall–Kier alpha value is -3.42. The molecule has 0 spiro atoms. The number of hydrogen-bond donors (Lipinski definition) is 1. The Morgan fingerprint density at radius 1 is 1.24 bits per heavy atom. The lowest BCUT2D eigenvalue weighted by atomic mass is 9.74. The molecule has 3 aromatic rings. The first-order valence-corrected chi connectivity index (χ1v) is 9.42. The average Bonchev–Trinajstić information content (AvgIpc) is 2.69. The zero-order valence-electron chi connectivity index (χ0n) is 16.6. The van der Waals surface area contributed by atoms with E-state index in [4.69, 9.17) is 4.98 Å². The van der Waals surface area contributed by atoms with Gasteiger partial charge in [-0.25, -0.2) is 15.0 Å². The Balaban J connectivity index is 1.66. The molecule has 1 unspecified atom stereocenters. The van der Waals surface area contributed by atoms with Crippen LogP contribution in [0.25, 0.3) is 11.5 Å². The molecule has 0 fully saturated rings. The molecule has 0 aliphatic heterocycles. The summed E-state index contributed by atoms with van der Waals surface area (Å²) in [5, 5.41) is 3.06. The van der Waals surface area contributed by atoms with Gasteiger partial charge in [-0.15, -0.1) is 0 Å². The molecule has 8 nitrogen and oxygen atoms in total. The van der Waals surface area contributed by atoms with E-state index in [2.05, 4.69) is 34.1 Å². The highest BCUT2D eigenvalue weighted by molar-refractivity contribution is 5.94. The summed E-state index contributed by atoms with van der Waals surface area (Å²) in [6.07, 6.45) is 9.72. The van der Waals surface area contributed by atoms with E-state index < -0.39 is 0 Å². The second kappa shape index (κ2) is 7.20. The van der Waals surface area contributed by atoms with Crippen LogP contribution in [-0.4, -0.2) is 30.4 Å². The summed E-state index contributed by atoms with van der Waals surface area (Å²) in [5.41, 5.74) is 2.47. The van der Waals surface area contributed by atoms with Gasteiger partial charge in [0.2, 0.25) is 0 Å². The molecule has 0 aromatic carbocycles. The molecule has 1 N–H and O–H groups in total. The summed E-state index contributed by atoms with van der Waals surface area (Å²) in [5.74, 6) is 0.237. The van der Waals surface area contributed by atoms with Crippen molar-refractivity contribution in [1.29, 1.82) is 0 Å². The van der Waals surface area contributed by atoms with E-state index in [0.29, 0.717) is 17.1 Å². The van der Waals surface area contributed by atoms with Gasteiger partial charge in [-0.05, 0) is 24.3 Å². The Morgan fingerprint density at radius 2 is 2.07 bits per heavy atom. The summed E-state index contributed by atoms with van der Waals surface area (Å²) in [7, 11) is 1.65. The van der Waals surface area contributed by atoms with Crippen molar-refractivity contribution in [3.05, 3.63) is 70.3 Å². The van der Waals surface area contributed by atoms with Crippen molar-refractivity contribution >= 4 is 5.91 Å². The van der Waals surface area contributed by atoms with Crippen LogP contribution in [0.4, 0.5) is 0 Å². The van der Waals surface area contributed by atoms with Crippen LogP contribution in [0.1, 0.15) is 47.9 Å². The third-order valence-corrected chi connectivity index (χ3v) is 5.14. The maximum absolute atomic E-state index is 12.8. The third-order valence-electron chi connectivity index (χ3n) is 5.14. The van der Waals surface area contributed by atoms with Gasteiger partial charge in [0, 0.05) is 49.0 Å². The SMILES string of the molecule is Cn1ccc(C(=O)NC2CC(C)(C)Cc3nc(-c4cnccn4)ncc32)cc1=O. The minimum Gasteiger partial charge on any atom is -0.345 e. The predicted molar refractivity (Wildman–Crippen MR) is 107 cm³/mol. The van der Waals surface area contributed by atoms with Crippen molar-refractivity contribution in [3.63, 3.8) is 0 Å². The summed E-state index contributed by atoms with van der Waals surface area (Å²) >= 11 is 0. The lowest BCUT2D eigenvalue weighted by molar-refractivity contribution is 0.0918. The van der Waals surface area contributed by atoms with Crippen LogP contribution in [0.2, 0.25) is 0 Å². The molecule has 1 atom stereocenters. The number of fused-ring (bicyclic) bond motifs is 1. The van der Waals surface area contributed by atoms with Crippen molar-refractivity contribution in [2.75, 3.05) is 0 Å². The van der Waals surface area contributed by atoms with E-state index in [-0.39, 0.29) is 22.9 Å². The van der Waals surface area contributed by atoms with Crippen molar-refractivity contribution < 1.29 is 4.79 Å². The molecule has 3 aromatic heterocycles. The molecule has 0 radical (unpaired) electrons. The van der Waals surface area contributed by atoms with Gasteiger partial charge in [0.05, 0.1) is 17.9 Å². The van der Waals surface area contributed by atoms with Crippen LogP contribution < -0.4 is 10.9 Å².